The Balaban J connectivity index is 2.44. The van der Waals surface area contributed by atoms with E-state index in [1.165, 1.54) is 10.4 Å². The first kappa shape index (κ1) is 19.6. The molecule has 0 bridgehead atoms. The maximum absolute atomic E-state index is 13.2. The molecule has 0 N–H and O–H groups in total. The van der Waals surface area contributed by atoms with Crippen molar-refractivity contribution < 1.29 is 22.7 Å². The van der Waals surface area contributed by atoms with Crippen molar-refractivity contribution in [3.05, 3.63) is 22.7 Å². The Bertz CT molecular complexity index is 695. The summed E-state index contributed by atoms with van der Waals surface area (Å²) >= 11 is 4.84. The number of sulfonamides is 1. The predicted octanol–water partition coefficient (Wildman–Crippen LogP) is 2.52. The standard InChI is InChI=1S/C15H20BrNO5S2/c1-3-21-13-6-5-11(16)9-14(13)24(19,20)17-7-8-23-10-12(17)15(18)22-4-2/h5-6,9,12H,3-4,7-8,10H2,1-2H3. The van der Waals surface area contributed by atoms with Crippen LogP contribution in [-0.4, -0.2) is 56.0 Å². The minimum absolute atomic E-state index is 0.0555. The van der Waals surface area contributed by atoms with E-state index in [4.69, 9.17) is 9.47 Å². The zero-order chi connectivity index (χ0) is 17.7. The molecular weight excluding hydrogens is 418 g/mol. The number of carbonyl (C=O) groups is 1. The molecular formula is C15H20BrNO5S2. The van der Waals surface area contributed by atoms with E-state index in [9.17, 15) is 13.2 Å². The molecule has 1 aliphatic rings. The number of benzene rings is 1. The molecule has 1 aliphatic heterocycles. The molecule has 1 atom stereocenters. The van der Waals surface area contributed by atoms with Gasteiger partial charge >= 0.3 is 5.97 Å². The van der Waals surface area contributed by atoms with E-state index >= 15 is 0 Å². The Labute approximate surface area is 155 Å². The van der Waals surface area contributed by atoms with Gasteiger partial charge in [0.25, 0.3) is 0 Å². The Morgan fingerprint density at radius 3 is 2.79 bits per heavy atom. The van der Waals surface area contributed by atoms with E-state index in [-0.39, 0.29) is 23.8 Å². The third kappa shape index (κ3) is 4.25. The van der Waals surface area contributed by atoms with Gasteiger partial charge in [-0.25, -0.2) is 8.42 Å². The summed E-state index contributed by atoms with van der Waals surface area (Å²) in [5, 5.41) is 0. The van der Waals surface area contributed by atoms with Crippen LogP contribution in [0.2, 0.25) is 0 Å². The van der Waals surface area contributed by atoms with Crippen molar-refractivity contribution in [3.63, 3.8) is 0 Å². The zero-order valence-corrected chi connectivity index (χ0v) is 16.7. The van der Waals surface area contributed by atoms with E-state index in [0.29, 0.717) is 22.6 Å². The molecule has 1 fully saturated rings. The van der Waals surface area contributed by atoms with Crippen LogP contribution < -0.4 is 4.74 Å². The van der Waals surface area contributed by atoms with Crippen LogP contribution in [0.1, 0.15) is 13.8 Å². The minimum Gasteiger partial charge on any atom is -0.492 e. The molecule has 1 unspecified atom stereocenters. The number of nitrogens with zero attached hydrogens (tertiary/aromatic N) is 1. The average Bonchev–Trinajstić information content (AvgIpc) is 2.57. The number of thioether (sulfide) groups is 1. The predicted molar refractivity (Wildman–Crippen MR) is 96.9 cm³/mol. The number of carbonyl (C=O) groups excluding carboxylic acids is 1. The number of ether oxygens (including phenoxy) is 2. The van der Waals surface area contributed by atoms with Gasteiger partial charge < -0.3 is 9.47 Å². The molecule has 0 aromatic heterocycles. The van der Waals surface area contributed by atoms with Crippen LogP contribution in [0.4, 0.5) is 0 Å². The molecule has 134 valence electrons. The van der Waals surface area contributed by atoms with Crippen molar-refractivity contribution in [1.29, 1.82) is 0 Å². The molecule has 0 aliphatic carbocycles. The Morgan fingerprint density at radius 2 is 2.12 bits per heavy atom. The number of halogens is 1. The van der Waals surface area contributed by atoms with Crippen LogP contribution >= 0.6 is 27.7 Å². The summed E-state index contributed by atoms with van der Waals surface area (Å²) in [6, 6.07) is 4.02. The maximum atomic E-state index is 13.2. The Morgan fingerprint density at radius 1 is 1.38 bits per heavy atom. The van der Waals surface area contributed by atoms with Gasteiger partial charge in [-0.2, -0.15) is 16.1 Å². The molecule has 0 amide bonds. The fourth-order valence-electron chi connectivity index (χ4n) is 2.38. The summed E-state index contributed by atoms with van der Waals surface area (Å²) in [6.07, 6.45) is 0. The van der Waals surface area contributed by atoms with Crippen LogP contribution in [0.5, 0.6) is 5.75 Å². The Kier molecular flexibility index (Phi) is 6.97. The van der Waals surface area contributed by atoms with Gasteiger partial charge in [0.1, 0.15) is 16.7 Å². The van der Waals surface area contributed by atoms with Crippen molar-refractivity contribution in [3.8, 4) is 5.75 Å². The van der Waals surface area contributed by atoms with E-state index in [1.807, 2.05) is 0 Å². The van der Waals surface area contributed by atoms with Crippen molar-refractivity contribution in [1.82, 2.24) is 4.31 Å². The second-order valence-electron chi connectivity index (χ2n) is 4.98. The van der Waals surface area contributed by atoms with E-state index in [1.54, 1.807) is 37.7 Å². The second kappa shape index (κ2) is 8.55. The molecule has 2 rings (SSSR count). The largest absolute Gasteiger partial charge is 0.492 e. The third-order valence-corrected chi connectivity index (χ3v) is 6.88. The molecule has 0 saturated carbocycles. The van der Waals surface area contributed by atoms with Gasteiger partial charge in [0.15, 0.2) is 0 Å². The quantitative estimate of drug-likeness (QED) is 0.636. The number of esters is 1. The maximum Gasteiger partial charge on any atom is 0.325 e. The summed E-state index contributed by atoms with van der Waals surface area (Å²) in [6.45, 7) is 4.32. The molecule has 6 nitrogen and oxygen atoms in total. The van der Waals surface area contributed by atoms with Crippen molar-refractivity contribution in [2.45, 2.75) is 24.8 Å². The first-order chi connectivity index (χ1) is 11.4. The monoisotopic (exact) mass is 437 g/mol. The minimum atomic E-state index is -3.89. The normalized spacial score (nSPS) is 19.0. The van der Waals surface area contributed by atoms with Gasteiger partial charge in [0.05, 0.1) is 13.2 Å². The molecule has 0 spiro atoms. The SMILES string of the molecule is CCOC(=O)C1CSCCN1S(=O)(=O)c1cc(Br)ccc1OCC. The lowest BCUT2D eigenvalue weighted by atomic mass is 10.3. The molecule has 0 radical (unpaired) electrons. The lowest BCUT2D eigenvalue weighted by Crippen LogP contribution is -2.50. The van der Waals surface area contributed by atoms with E-state index in [0.717, 1.165) is 0 Å². The highest BCUT2D eigenvalue weighted by Crippen LogP contribution is 2.33. The van der Waals surface area contributed by atoms with Gasteiger partial charge in [-0.15, -0.1) is 0 Å². The highest BCUT2D eigenvalue weighted by Gasteiger charge is 2.40. The molecule has 1 saturated heterocycles. The van der Waals surface area contributed by atoms with Gasteiger partial charge in [0.2, 0.25) is 10.0 Å². The smallest absolute Gasteiger partial charge is 0.325 e. The molecule has 1 heterocycles. The number of rotatable bonds is 6. The second-order valence-corrected chi connectivity index (χ2v) is 8.91. The van der Waals surface area contributed by atoms with Crippen molar-refractivity contribution >= 4 is 43.7 Å². The molecule has 1 aromatic rings. The summed E-state index contributed by atoms with van der Waals surface area (Å²) in [5.41, 5.74) is 0. The fraction of sp³-hybridized carbons (Fsp3) is 0.533. The van der Waals surface area contributed by atoms with Gasteiger partial charge in [-0.05, 0) is 32.0 Å². The van der Waals surface area contributed by atoms with Crippen LogP contribution in [-0.2, 0) is 19.6 Å². The van der Waals surface area contributed by atoms with Crippen LogP contribution in [0, 0.1) is 0 Å². The van der Waals surface area contributed by atoms with Gasteiger partial charge in [-0.1, -0.05) is 15.9 Å². The van der Waals surface area contributed by atoms with Gasteiger partial charge in [0, 0.05) is 22.5 Å². The van der Waals surface area contributed by atoms with Crippen molar-refractivity contribution in [2.75, 3.05) is 31.3 Å². The molecule has 1 aromatic carbocycles. The van der Waals surface area contributed by atoms with Gasteiger partial charge in [-0.3, -0.25) is 4.79 Å². The van der Waals surface area contributed by atoms with Crippen LogP contribution in [0.3, 0.4) is 0 Å². The first-order valence-corrected chi connectivity index (χ1v) is 11.0. The molecule has 24 heavy (non-hydrogen) atoms. The van der Waals surface area contributed by atoms with Crippen LogP contribution in [0.25, 0.3) is 0 Å². The third-order valence-electron chi connectivity index (χ3n) is 3.43. The Hall–Kier alpha value is -0.770. The lowest BCUT2D eigenvalue weighted by molar-refractivity contribution is -0.146. The summed E-state index contributed by atoms with van der Waals surface area (Å²) < 4.78 is 38.7. The summed E-state index contributed by atoms with van der Waals surface area (Å²) in [7, 11) is -3.89. The van der Waals surface area contributed by atoms with E-state index < -0.39 is 22.0 Å². The fourth-order valence-corrected chi connectivity index (χ4v) is 5.88. The highest BCUT2D eigenvalue weighted by atomic mass is 79.9. The average molecular weight is 438 g/mol. The summed E-state index contributed by atoms with van der Waals surface area (Å²) in [5.74, 6) is 0.783. The topological polar surface area (TPSA) is 72.9 Å². The van der Waals surface area contributed by atoms with Crippen molar-refractivity contribution in [2.24, 2.45) is 0 Å². The van der Waals surface area contributed by atoms with Crippen LogP contribution in [0.15, 0.2) is 27.6 Å². The number of hydrogen-bond acceptors (Lipinski definition) is 6. The zero-order valence-electron chi connectivity index (χ0n) is 13.5. The highest BCUT2D eigenvalue weighted by molar-refractivity contribution is 9.10. The lowest BCUT2D eigenvalue weighted by Gasteiger charge is -2.33. The summed E-state index contributed by atoms with van der Waals surface area (Å²) in [4.78, 5) is 12.2. The van der Waals surface area contributed by atoms with E-state index in [2.05, 4.69) is 15.9 Å². The first-order valence-electron chi connectivity index (χ1n) is 7.60. The number of hydrogen-bond donors (Lipinski definition) is 0. The molecule has 9 heteroatoms.